The number of carboxylic acid groups (broad SMARTS) is 1. The van der Waals surface area contributed by atoms with Gasteiger partial charge in [-0.1, -0.05) is 0 Å². The number of nitrogens with zero attached hydrogens (tertiary/aromatic N) is 1. The van der Waals surface area contributed by atoms with E-state index in [1.165, 1.54) is 4.90 Å². The number of carbonyl (C=O) groups is 1. The van der Waals surface area contributed by atoms with Crippen molar-refractivity contribution in [2.45, 2.75) is 18.4 Å². The van der Waals surface area contributed by atoms with Crippen LogP contribution in [0.15, 0.2) is 0 Å². The maximum atomic E-state index is 12.8. The Kier molecular flexibility index (Phi) is 3.38. The van der Waals surface area contributed by atoms with Crippen molar-refractivity contribution in [1.29, 1.82) is 0 Å². The predicted octanol–water partition coefficient (Wildman–Crippen LogP) is 0.427. The second kappa shape index (κ2) is 4.18. The first-order valence-corrected chi connectivity index (χ1v) is 4.28. The molecule has 4 nitrogen and oxygen atoms in total. The summed E-state index contributed by atoms with van der Waals surface area (Å²) in [4.78, 5) is 11.6. The molecule has 1 heterocycles. The van der Waals surface area contributed by atoms with Crippen LogP contribution in [-0.4, -0.2) is 54.7 Å². The minimum Gasteiger partial charge on any atom is -0.480 e. The van der Waals surface area contributed by atoms with Crippen LogP contribution in [0.4, 0.5) is 8.78 Å². The topological polar surface area (TPSA) is 49.8 Å². The third kappa shape index (κ3) is 3.19. The van der Waals surface area contributed by atoms with Crippen LogP contribution >= 0.6 is 0 Å². The molecular formula is C8H13F2NO3. The lowest BCUT2D eigenvalue weighted by molar-refractivity contribution is -0.142. The molecule has 0 spiro atoms. The van der Waals surface area contributed by atoms with Crippen molar-refractivity contribution in [3.05, 3.63) is 0 Å². The second-order valence-electron chi connectivity index (χ2n) is 3.54. The van der Waals surface area contributed by atoms with Gasteiger partial charge in [0.2, 0.25) is 0 Å². The summed E-state index contributed by atoms with van der Waals surface area (Å²) in [6, 6.07) is -0.385. The Balaban J connectivity index is 2.29. The number of hydrogen-bond donors (Lipinski definition) is 1. The first-order chi connectivity index (χ1) is 6.41. The third-order valence-corrected chi connectivity index (χ3v) is 2.17. The van der Waals surface area contributed by atoms with Crippen molar-refractivity contribution in [3.8, 4) is 0 Å². The Morgan fingerprint density at radius 2 is 2.36 bits per heavy atom. The molecule has 0 aromatic rings. The van der Waals surface area contributed by atoms with E-state index in [0.717, 1.165) is 0 Å². The van der Waals surface area contributed by atoms with Crippen molar-refractivity contribution >= 4 is 5.97 Å². The lowest BCUT2D eigenvalue weighted by Gasteiger charge is -2.17. The summed E-state index contributed by atoms with van der Waals surface area (Å²) < 4.78 is 30.4. The number of carboxylic acids is 1. The van der Waals surface area contributed by atoms with E-state index >= 15 is 0 Å². The molecule has 1 rings (SSSR count). The van der Waals surface area contributed by atoms with E-state index < -0.39 is 18.5 Å². The molecule has 0 aromatic heterocycles. The van der Waals surface area contributed by atoms with Crippen LogP contribution in [-0.2, 0) is 9.53 Å². The normalized spacial score (nSPS) is 26.6. The number of alkyl halides is 2. The third-order valence-electron chi connectivity index (χ3n) is 2.17. The van der Waals surface area contributed by atoms with Crippen LogP contribution in [0.25, 0.3) is 0 Å². The van der Waals surface area contributed by atoms with Crippen LogP contribution in [0.2, 0.25) is 0 Å². The van der Waals surface area contributed by atoms with Gasteiger partial charge < -0.3 is 9.84 Å². The fourth-order valence-electron chi connectivity index (χ4n) is 1.53. The van der Waals surface area contributed by atoms with E-state index in [4.69, 9.17) is 9.84 Å². The van der Waals surface area contributed by atoms with Gasteiger partial charge in [-0.05, 0) is 7.05 Å². The van der Waals surface area contributed by atoms with Crippen molar-refractivity contribution in [3.63, 3.8) is 0 Å². The first kappa shape index (κ1) is 11.3. The van der Waals surface area contributed by atoms with E-state index in [1.807, 2.05) is 0 Å². The van der Waals surface area contributed by atoms with Crippen LogP contribution in [0.5, 0.6) is 0 Å². The minimum absolute atomic E-state index is 0.0401. The molecule has 1 saturated heterocycles. The fourth-order valence-corrected chi connectivity index (χ4v) is 1.53. The number of halogens is 2. The van der Waals surface area contributed by atoms with Gasteiger partial charge in [-0.2, -0.15) is 0 Å². The van der Waals surface area contributed by atoms with Crippen molar-refractivity contribution in [1.82, 2.24) is 4.90 Å². The molecule has 0 aromatic carbocycles. The van der Waals surface area contributed by atoms with Crippen LogP contribution < -0.4 is 0 Å². The lowest BCUT2D eigenvalue weighted by Crippen LogP contribution is -2.30. The number of ether oxygens (including phenoxy) is 1. The largest absolute Gasteiger partial charge is 0.480 e. The highest BCUT2D eigenvalue weighted by Gasteiger charge is 2.43. The molecule has 0 saturated carbocycles. The number of aliphatic carboxylic acids is 1. The SMILES string of the molecule is CN1CC(F)(F)CC1COCC(=O)O. The zero-order valence-electron chi connectivity index (χ0n) is 7.87. The summed E-state index contributed by atoms with van der Waals surface area (Å²) in [6.07, 6.45) is -0.261. The van der Waals surface area contributed by atoms with Crippen LogP contribution in [0.3, 0.4) is 0 Å². The average Bonchev–Trinajstić information content (AvgIpc) is 2.24. The van der Waals surface area contributed by atoms with Gasteiger partial charge >= 0.3 is 5.97 Å². The van der Waals surface area contributed by atoms with Gasteiger partial charge in [-0.3, -0.25) is 4.90 Å². The van der Waals surface area contributed by atoms with Crippen molar-refractivity contribution in [2.24, 2.45) is 0 Å². The number of hydrogen-bond acceptors (Lipinski definition) is 3. The highest BCUT2D eigenvalue weighted by Crippen LogP contribution is 2.30. The Bertz CT molecular complexity index is 223. The van der Waals surface area contributed by atoms with Gasteiger partial charge in [-0.25, -0.2) is 13.6 Å². The molecule has 0 radical (unpaired) electrons. The van der Waals surface area contributed by atoms with Crippen LogP contribution in [0, 0.1) is 0 Å². The molecule has 1 aliphatic heterocycles. The van der Waals surface area contributed by atoms with Gasteiger partial charge in [0.25, 0.3) is 5.92 Å². The predicted molar refractivity (Wildman–Crippen MR) is 44.4 cm³/mol. The van der Waals surface area contributed by atoms with E-state index in [1.54, 1.807) is 7.05 Å². The van der Waals surface area contributed by atoms with Gasteiger partial charge in [0.05, 0.1) is 13.2 Å². The van der Waals surface area contributed by atoms with E-state index in [-0.39, 0.29) is 25.6 Å². The molecule has 6 heteroatoms. The van der Waals surface area contributed by atoms with E-state index in [2.05, 4.69) is 0 Å². The Morgan fingerprint density at radius 3 is 2.79 bits per heavy atom. The Hall–Kier alpha value is -0.750. The maximum absolute atomic E-state index is 12.8. The van der Waals surface area contributed by atoms with Gasteiger partial charge in [0, 0.05) is 12.5 Å². The standard InChI is InChI=1S/C8H13F2NO3/c1-11-5-8(9,10)2-6(11)3-14-4-7(12)13/h6H,2-5H2,1H3,(H,12,13). The number of likely N-dealkylation sites (N-methyl/N-ethyl adjacent to an activating group) is 1. The van der Waals surface area contributed by atoms with E-state index in [0.29, 0.717) is 0 Å². The Labute approximate surface area is 80.4 Å². The fraction of sp³-hybridized carbons (Fsp3) is 0.875. The monoisotopic (exact) mass is 209 g/mol. The zero-order valence-corrected chi connectivity index (χ0v) is 7.87. The first-order valence-electron chi connectivity index (χ1n) is 4.28. The zero-order chi connectivity index (χ0) is 10.8. The molecule has 0 amide bonds. The second-order valence-corrected chi connectivity index (χ2v) is 3.54. The average molecular weight is 209 g/mol. The summed E-state index contributed by atoms with van der Waals surface area (Å²) in [6.45, 7) is -0.678. The molecule has 14 heavy (non-hydrogen) atoms. The molecule has 0 bridgehead atoms. The molecule has 1 aliphatic rings. The molecule has 82 valence electrons. The van der Waals surface area contributed by atoms with Crippen molar-refractivity contribution < 1.29 is 23.4 Å². The minimum atomic E-state index is -2.67. The van der Waals surface area contributed by atoms with Crippen LogP contribution in [0.1, 0.15) is 6.42 Å². The summed E-state index contributed by atoms with van der Waals surface area (Å²) in [5.41, 5.74) is 0. The summed E-state index contributed by atoms with van der Waals surface area (Å²) in [5.74, 6) is -3.76. The maximum Gasteiger partial charge on any atom is 0.329 e. The summed E-state index contributed by atoms with van der Waals surface area (Å²) in [7, 11) is 1.58. The summed E-state index contributed by atoms with van der Waals surface area (Å²) in [5, 5.41) is 8.27. The van der Waals surface area contributed by atoms with Gasteiger partial charge in [0.15, 0.2) is 0 Å². The molecule has 1 fully saturated rings. The van der Waals surface area contributed by atoms with Gasteiger partial charge in [-0.15, -0.1) is 0 Å². The molecular weight excluding hydrogens is 196 g/mol. The molecule has 1 unspecified atom stereocenters. The quantitative estimate of drug-likeness (QED) is 0.729. The molecule has 1 atom stereocenters. The summed E-state index contributed by atoms with van der Waals surface area (Å²) >= 11 is 0. The Morgan fingerprint density at radius 1 is 1.71 bits per heavy atom. The lowest BCUT2D eigenvalue weighted by atomic mass is 10.2. The highest BCUT2D eigenvalue weighted by molar-refractivity contribution is 5.67. The number of rotatable bonds is 4. The van der Waals surface area contributed by atoms with E-state index in [9.17, 15) is 13.6 Å². The smallest absolute Gasteiger partial charge is 0.329 e. The number of likely N-dealkylation sites (tertiary alicyclic amines) is 1. The molecule has 1 N–H and O–H groups in total. The van der Waals surface area contributed by atoms with Crippen molar-refractivity contribution in [2.75, 3.05) is 26.8 Å². The highest BCUT2D eigenvalue weighted by atomic mass is 19.3. The molecule has 0 aliphatic carbocycles. The van der Waals surface area contributed by atoms with Gasteiger partial charge in [0.1, 0.15) is 6.61 Å².